The van der Waals surface area contributed by atoms with Crippen LogP contribution in [0.2, 0.25) is 0 Å². The lowest BCUT2D eigenvalue weighted by molar-refractivity contribution is 0.0707. The van der Waals surface area contributed by atoms with Crippen molar-refractivity contribution in [2.45, 2.75) is 57.3 Å². The highest BCUT2D eigenvalue weighted by Crippen LogP contribution is 2.49. The van der Waals surface area contributed by atoms with E-state index in [2.05, 4.69) is 47.5 Å². The van der Waals surface area contributed by atoms with Gasteiger partial charge in [0.1, 0.15) is 5.69 Å². The molecule has 1 saturated carbocycles. The Morgan fingerprint density at radius 3 is 2.64 bits per heavy atom. The monoisotopic (exact) mass is 474 g/mol. The van der Waals surface area contributed by atoms with E-state index in [9.17, 15) is 4.79 Å². The van der Waals surface area contributed by atoms with Crippen LogP contribution in [0.4, 0.5) is 0 Å². The zero-order chi connectivity index (χ0) is 24.1. The molecular formula is C33H34N2O. The molecule has 3 aromatic rings. The first kappa shape index (κ1) is 22.0. The molecule has 1 saturated heterocycles. The summed E-state index contributed by atoms with van der Waals surface area (Å²) in [5, 5.41) is 2.84. The molecule has 2 heterocycles. The summed E-state index contributed by atoms with van der Waals surface area (Å²) in [6.45, 7) is 1.60. The van der Waals surface area contributed by atoms with E-state index in [-0.39, 0.29) is 5.91 Å². The minimum atomic E-state index is 0.0608. The third-order valence-corrected chi connectivity index (χ3v) is 9.38. The molecule has 0 N–H and O–H groups in total. The molecule has 1 atom stereocenters. The van der Waals surface area contributed by atoms with Crippen LogP contribution in [-0.2, 0) is 6.42 Å². The number of piperidine rings is 1. The number of rotatable bonds is 3. The van der Waals surface area contributed by atoms with Gasteiger partial charge in [0.25, 0.3) is 5.91 Å². The maximum absolute atomic E-state index is 12.8. The number of benzene rings is 2. The smallest absolute Gasteiger partial charge is 0.272 e. The average molecular weight is 475 g/mol. The molecule has 1 aromatic heterocycles. The maximum Gasteiger partial charge on any atom is 0.272 e. The molecule has 36 heavy (non-hydrogen) atoms. The summed E-state index contributed by atoms with van der Waals surface area (Å²) in [6.07, 6.45) is 16.4. The highest BCUT2D eigenvalue weighted by molar-refractivity contribution is 5.94. The minimum absolute atomic E-state index is 0.0608. The number of hydrogen-bond acceptors (Lipinski definition) is 2. The first-order chi connectivity index (χ1) is 17.8. The summed E-state index contributed by atoms with van der Waals surface area (Å²) >= 11 is 0. The SMILES string of the molecule is O=C(c1ccccn1)N1CCC(c2ccc3c4c(ccc3c2)C2=C(CCC=C2)C(C2CCC2)C4)CC1. The van der Waals surface area contributed by atoms with Gasteiger partial charge in [-0.25, -0.2) is 0 Å². The van der Waals surface area contributed by atoms with Gasteiger partial charge in [-0.1, -0.05) is 60.5 Å². The average Bonchev–Trinajstić information content (AvgIpc) is 2.92. The summed E-state index contributed by atoms with van der Waals surface area (Å²) < 4.78 is 0. The predicted molar refractivity (Wildman–Crippen MR) is 146 cm³/mol. The number of amides is 1. The van der Waals surface area contributed by atoms with Crippen molar-refractivity contribution in [3.05, 3.63) is 94.8 Å². The van der Waals surface area contributed by atoms with Gasteiger partial charge >= 0.3 is 0 Å². The third-order valence-electron chi connectivity index (χ3n) is 9.38. The number of pyridine rings is 1. The second-order valence-electron chi connectivity index (χ2n) is 11.2. The zero-order valence-corrected chi connectivity index (χ0v) is 21.0. The maximum atomic E-state index is 12.8. The van der Waals surface area contributed by atoms with Gasteiger partial charge in [0, 0.05) is 19.3 Å². The van der Waals surface area contributed by atoms with E-state index in [1.165, 1.54) is 66.0 Å². The van der Waals surface area contributed by atoms with Crippen molar-refractivity contribution in [2.75, 3.05) is 13.1 Å². The fourth-order valence-corrected chi connectivity index (χ4v) is 7.17. The minimum Gasteiger partial charge on any atom is -0.337 e. The Bertz CT molecular complexity index is 1370. The molecule has 0 bridgehead atoms. The summed E-state index contributed by atoms with van der Waals surface area (Å²) in [4.78, 5) is 19.0. The second-order valence-corrected chi connectivity index (χ2v) is 11.2. The summed E-state index contributed by atoms with van der Waals surface area (Å²) in [5.74, 6) is 2.21. The van der Waals surface area contributed by atoms with Crippen LogP contribution >= 0.6 is 0 Å². The molecule has 0 radical (unpaired) electrons. The van der Waals surface area contributed by atoms with E-state index in [4.69, 9.17) is 0 Å². The number of allylic oxidation sites excluding steroid dienone is 4. The molecule has 1 amide bonds. The normalized spacial score (nSPS) is 22.3. The van der Waals surface area contributed by atoms with Crippen LogP contribution in [0.15, 0.2) is 72.5 Å². The van der Waals surface area contributed by atoms with Gasteiger partial charge in [0.15, 0.2) is 0 Å². The quantitative estimate of drug-likeness (QED) is 0.398. The molecule has 4 aliphatic rings. The number of likely N-dealkylation sites (tertiary alicyclic amines) is 1. The van der Waals surface area contributed by atoms with Crippen molar-refractivity contribution < 1.29 is 4.79 Å². The molecule has 2 aromatic carbocycles. The molecule has 182 valence electrons. The summed E-state index contributed by atoms with van der Waals surface area (Å²) in [5.41, 5.74) is 8.33. The van der Waals surface area contributed by atoms with Crippen LogP contribution in [0.25, 0.3) is 16.3 Å². The largest absolute Gasteiger partial charge is 0.337 e. The van der Waals surface area contributed by atoms with Crippen molar-refractivity contribution in [1.29, 1.82) is 0 Å². The van der Waals surface area contributed by atoms with Gasteiger partial charge in [0.2, 0.25) is 0 Å². The van der Waals surface area contributed by atoms with Gasteiger partial charge in [0.05, 0.1) is 0 Å². The van der Waals surface area contributed by atoms with Crippen molar-refractivity contribution in [2.24, 2.45) is 11.8 Å². The number of hydrogen-bond donors (Lipinski definition) is 0. The molecule has 0 spiro atoms. The topological polar surface area (TPSA) is 33.2 Å². The lowest BCUT2D eigenvalue weighted by Gasteiger charge is -2.41. The lowest BCUT2D eigenvalue weighted by Crippen LogP contribution is -2.38. The van der Waals surface area contributed by atoms with Gasteiger partial charge in [-0.3, -0.25) is 9.78 Å². The highest BCUT2D eigenvalue weighted by Gasteiger charge is 2.36. The van der Waals surface area contributed by atoms with Crippen LogP contribution in [0, 0.1) is 11.8 Å². The Kier molecular flexibility index (Phi) is 5.53. The van der Waals surface area contributed by atoms with Crippen LogP contribution in [0.3, 0.4) is 0 Å². The highest BCUT2D eigenvalue weighted by atomic mass is 16.2. The molecular weight excluding hydrogens is 440 g/mol. The molecule has 3 nitrogen and oxygen atoms in total. The predicted octanol–water partition coefficient (Wildman–Crippen LogP) is 7.33. The van der Waals surface area contributed by atoms with Crippen molar-refractivity contribution in [1.82, 2.24) is 9.88 Å². The van der Waals surface area contributed by atoms with E-state index >= 15 is 0 Å². The number of carbonyl (C=O) groups is 1. The standard InChI is InChI=1S/C33H34N2O/c36-33(32-10-3-4-17-34-32)35-18-15-22(16-19-35)24-11-13-26-25(20-24)12-14-29-27-8-1-2-9-28(27)30(21-31(26)29)23-6-5-7-23/h1,3-4,8,10-14,17,20,22-23,30H,2,5-7,9,15-16,18-19,21H2. The fourth-order valence-electron chi connectivity index (χ4n) is 7.17. The van der Waals surface area contributed by atoms with E-state index in [1.54, 1.807) is 17.3 Å². The van der Waals surface area contributed by atoms with E-state index in [0.717, 1.165) is 37.8 Å². The number of aromatic nitrogens is 1. The Morgan fingerprint density at radius 2 is 1.86 bits per heavy atom. The van der Waals surface area contributed by atoms with Crippen LogP contribution in [0.1, 0.15) is 78.0 Å². The second kappa shape index (κ2) is 9.03. The van der Waals surface area contributed by atoms with Gasteiger partial charge in [-0.05, 0) is 108 Å². The Labute approximate surface area is 213 Å². The first-order valence-electron chi connectivity index (χ1n) is 13.9. The molecule has 7 rings (SSSR count). The zero-order valence-electron chi connectivity index (χ0n) is 21.0. The summed E-state index contributed by atoms with van der Waals surface area (Å²) in [6, 6.07) is 17.5. The van der Waals surface area contributed by atoms with Gasteiger partial charge in [-0.15, -0.1) is 0 Å². The van der Waals surface area contributed by atoms with Crippen molar-refractivity contribution >= 4 is 22.3 Å². The number of nitrogens with zero attached hydrogens (tertiary/aromatic N) is 2. The first-order valence-corrected chi connectivity index (χ1v) is 13.9. The van der Waals surface area contributed by atoms with Gasteiger partial charge < -0.3 is 4.90 Å². The molecule has 3 heteroatoms. The fraction of sp³-hybridized carbons (Fsp3) is 0.394. The Morgan fingerprint density at radius 1 is 0.972 bits per heavy atom. The molecule has 1 unspecified atom stereocenters. The number of fused-ring (bicyclic) bond motifs is 4. The van der Waals surface area contributed by atoms with Crippen LogP contribution < -0.4 is 0 Å². The van der Waals surface area contributed by atoms with Crippen molar-refractivity contribution in [3.8, 4) is 0 Å². The Hall–Kier alpha value is -3.20. The molecule has 3 aliphatic carbocycles. The van der Waals surface area contributed by atoms with E-state index < -0.39 is 0 Å². The summed E-state index contributed by atoms with van der Waals surface area (Å²) in [7, 11) is 0. The van der Waals surface area contributed by atoms with Crippen LogP contribution in [-0.4, -0.2) is 28.9 Å². The van der Waals surface area contributed by atoms with Crippen molar-refractivity contribution in [3.63, 3.8) is 0 Å². The third kappa shape index (κ3) is 3.72. The number of carbonyl (C=O) groups excluding carboxylic acids is 1. The molecule has 1 aliphatic heterocycles. The van der Waals surface area contributed by atoms with Crippen LogP contribution in [0.5, 0.6) is 0 Å². The molecule has 2 fully saturated rings. The van der Waals surface area contributed by atoms with E-state index in [0.29, 0.717) is 11.6 Å². The van der Waals surface area contributed by atoms with E-state index in [1.807, 2.05) is 23.1 Å². The van der Waals surface area contributed by atoms with Gasteiger partial charge in [-0.2, -0.15) is 0 Å². The lowest BCUT2D eigenvalue weighted by atomic mass is 9.64. The Balaban J connectivity index is 1.15.